The molecule has 1 aliphatic rings. The van der Waals surface area contributed by atoms with Gasteiger partial charge in [0.25, 0.3) is 0 Å². The van der Waals surface area contributed by atoms with E-state index in [-0.39, 0.29) is 5.91 Å². The lowest BCUT2D eigenvalue weighted by Crippen LogP contribution is -2.46. The van der Waals surface area contributed by atoms with Gasteiger partial charge >= 0.3 is 0 Å². The van der Waals surface area contributed by atoms with Gasteiger partial charge in [0.2, 0.25) is 5.91 Å². The molecule has 0 aliphatic heterocycles. The smallest absolute Gasteiger partial charge is 0.223 e. The Bertz CT molecular complexity index is 373. The Hall–Kier alpha value is -1.35. The Morgan fingerprint density at radius 2 is 2.00 bits per heavy atom. The second-order valence-electron chi connectivity index (χ2n) is 4.95. The van der Waals surface area contributed by atoms with Gasteiger partial charge in [0.15, 0.2) is 0 Å². The van der Waals surface area contributed by atoms with E-state index in [0.29, 0.717) is 25.6 Å². The first-order valence-electron chi connectivity index (χ1n) is 6.84. The summed E-state index contributed by atoms with van der Waals surface area (Å²) < 4.78 is 0. The van der Waals surface area contributed by atoms with Crippen LogP contribution in [0.3, 0.4) is 0 Å². The minimum atomic E-state index is 0.258. The van der Waals surface area contributed by atoms with Gasteiger partial charge in [-0.3, -0.25) is 4.79 Å². The fraction of sp³-hybridized carbons (Fsp3) is 0.533. The van der Waals surface area contributed by atoms with Crippen LogP contribution in [0.5, 0.6) is 0 Å². The molecule has 0 unspecified atom stereocenters. The van der Waals surface area contributed by atoms with Gasteiger partial charge in [-0.25, -0.2) is 0 Å². The SMILES string of the molecule is NCCN(C(=O)CCc1ccccc1)C1CCC1. The van der Waals surface area contributed by atoms with E-state index in [9.17, 15) is 4.79 Å². The molecule has 0 aromatic heterocycles. The van der Waals surface area contributed by atoms with Crippen molar-refractivity contribution in [2.75, 3.05) is 13.1 Å². The van der Waals surface area contributed by atoms with E-state index in [0.717, 1.165) is 19.3 Å². The van der Waals surface area contributed by atoms with Gasteiger partial charge in [0, 0.05) is 25.6 Å². The highest BCUT2D eigenvalue weighted by Gasteiger charge is 2.27. The zero-order chi connectivity index (χ0) is 12.8. The summed E-state index contributed by atoms with van der Waals surface area (Å²) in [6.45, 7) is 1.27. The summed E-state index contributed by atoms with van der Waals surface area (Å²) in [5, 5.41) is 0. The first-order chi connectivity index (χ1) is 8.81. The van der Waals surface area contributed by atoms with Crippen LogP contribution in [0.1, 0.15) is 31.2 Å². The van der Waals surface area contributed by atoms with Crippen LogP contribution in [0, 0.1) is 0 Å². The first kappa shape index (κ1) is 13.1. The Morgan fingerprint density at radius 1 is 1.28 bits per heavy atom. The summed E-state index contributed by atoms with van der Waals surface area (Å²) in [6, 6.07) is 10.6. The number of amides is 1. The normalized spacial score (nSPS) is 15.2. The average Bonchev–Trinajstić information content (AvgIpc) is 2.34. The van der Waals surface area contributed by atoms with Gasteiger partial charge in [0.05, 0.1) is 0 Å². The van der Waals surface area contributed by atoms with Crippen LogP contribution in [0.4, 0.5) is 0 Å². The van der Waals surface area contributed by atoms with Crippen LogP contribution in [-0.4, -0.2) is 29.9 Å². The maximum absolute atomic E-state index is 12.2. The second kappa shape index (κ2) is 6.55. The molecule has 3 nitrogen and oxygen atoms in total. The molecule has 98 valence electrons. The Labute approximate surface area is 109 Å². The number of rotatable bonds is 6. The first-order valence-corrected chi connectivity index (χ1v) is 6.84. The molecule has 1 saturated carbocycles. The fourth-order valence-corrected chi connectivity index (χ4v) is 2.39. The van der Waals surface area contributed by atoms with E-state index in [4.69, 9.17) is 5.73 Å². The topological polar surface area (TPSA) is 46.3 Å². The third-order valence-electron chi connectivity index (χ3n) is 3.68. The molecule has 2 N–H and O–H groups in total. The molecule has 0 saturated heterocycles. The van der Waals surface area contributed by atoms with Crippen molar-refractivity contribution in [2.45, 2.75) is 38.1 Å². The quantitative estimate of drug-likeness (QED) is 0.834. The van der Waals surface area contributed by atoms with Crippen molar-refractivity contribution >= 4 is 5.91 Å². The van der Waals surface area contributed by atoms with Gasteiger partial charge in [-0.15, -0.1) is 0 Å². The minimum Gasteiger partial charge on any atom is -0.338 e. The molecular weight excluding hydrogens is 224 g/mol. The van der Waals surface area contributed by atoms with Gasteiger partial charge in [-0.05, 0) is 31.2 Å². The lowest BCUT2D eigenvalue weighted by molar-refractivity contribution is -0.135. The molecule has 1 aliphatic carbocycles. The highest BCUT2D eigenvalue weighted by Crippen LogP contribution is 2.25. The van der Waals surface area contributed by atoms with Crippen molar-refractivity contribution in [3.8, 4) is 0 Å². The summed E-state index contributed by atoms with van der Waals surface area (Å²) in [5.41, 5.74) is 6.83. The maximum atomic E-state index is 12.2. The van der Waals surface area contributed by atoms with Gasteiger partial charge in [0.1, 0.15) is 0 Å². The largest absolute Gasteiger partial charge is 0.338 e. The third kappa shape index (κ3) is 3.33. The molecule has 3 heteroatoms. The Kier molecular flexibility index (Phi) is 4.76. The predicted octanol–water partition coefficient (Wildman–Crippen LogP) is 1.96. The number of hydrogen-bond acceptors (Lipinski definition) is 2. The lowest BCUT2D eigenvalue weighted by Gasteiger charge is -2.37. The van der Waals surface area contributed by atoms with Crippen LogP contribution in [0.2, 0.25) is 0 Å². The minimum absolute atomic E-state index is 0.258. The van der Waals surface area contributed by atoms with Crippen LogP contribution >= 0.6 is 0 Å². The highest BCUT2D eigenvalue weighted by molar-refractivity contribution is 5.77. The molecule has 18 heavy (non-hydrogen) atoms. The number of nitrogens with zero attached hydrogens (tertiary/aromatic N) is 1. The van der Waals surface area contributed by atoms with Crippen molar-refractivity contribution in [1.82, 2.24) is 4.90 Å². The molecule has 0 radical (unpaired) electrons. The van der Waals surface area contributed by atoms with Crippen LogP contribution in [0.15, 0.2) is 30.3 Å². The van der Waals surface area contributed by atoms with Crippen molar-refractivity contribution in [2.24, 2.45) is 5.73 Å². The Morgan fingerprint density at radius 3 is 2.56 bits per heavy atom. The molecule has 1 aromatic carbocycles. The fourth-order valence-electron chi connectivity index (χ4n) is 2.39. The van der Waals surface area contributed by atoms with Crippen molar-refractivity contribution in [3.63, 3.8) is 0 Å². The zero-order valence-corrected chi connectivity index (χ0v) is 10.8. The van der Waals surface area contributed by atoms with E-state index in [1.807, 2.05) is 23.1 Å². The van der Waals surface area contributed by atoms with Crippen LogP contribution in [0.25, 0.3) is 0 Å². The van der Waals surface area contributed by atoms with Gasteiger partial charge in [-0.2, -0.15) is 0 Å². The van der Waals surface area contributed by atoms with Crippen LogP contribution in [-0.2, 0) is 11.2 Å². The summed E-state index contributed by atoms with van der Waals surface area (Å²) in [7, 11) is 0. The number of nitrogens with two attached hydrogens (primary N) is 1. The van der Waals surface area contributed by atoms with E-state index < -0.39 is 0 Å². The molecule has 1 fully saturated rings. The average molecular weight is 246 g/mol. The third-order valence-corrected chi connectivity index (χ3v) is 3.68. The molecule has 0 atom stereocenters. The standard InChI is InChI=1S/C15H22N2O/c16-11-12-17(14-7-4-8-14)15(18)10-9-13-5-2-1-3-6-13/h1-3,5-6,14H,4,7-12,16H2. The van der Waals surface area contributed by atoms with E-state index >= 15 is 0 Å². The van der Waals surface area contributed by atoms with Crippen molar-refractivity contribution < 1.29 is 4.79 Å². The molecule has 1 aromatic rings. The summed E-state index contributed by atoms with van der Waals surface area (Å²) >= 11 is 0. The molecule has 0 bridgehead atoms. The molecular formula is C15H22N2O. The monoisotopic (exact) mass is 246 g/mol. The van der Waals surface area contributed by atoms with E-state index in [1.54, 1.807) is 0 Å². The van der Waals surface area contributed by atoms with Crippen LogP contribution < -0.4 is 5.73 Å². The molecule has 0 spiro atoms. The van der Waals surface area contributed by atoms with Crippen molar-refractivity contribution in [1.29, 1.82) is 0 Å². The summed E-state index contributed by atoms with van der Waals surface area (Å²) in [6.07, 6.45) is 4.97. The number of aryl methyl sites for hydroxylation is 1. The summed E-state index contributed by atoms with van der Waals surface area (Å²) in [4.78, 5) is 14.2. The zero-order valence-electron chi connectivity index (χ0n) is 10.8. The number of benzene rings is 1. The number of carbonyl (C=O) groups excluding carboxylic acids is 1. The molecule has 0 heterocycles. The molecule has 2 rings (SSSR count). The van der Waals surface area contributed by atoms with Gasteiger partial charge < -0.3 is 10.6 Å². The number of carbonyl (C=O) groups is 1. The lowest BCUT2D eigenvalue weighted by atomic mass is 9.91. The highest BCUT2D eigenvalue weighted by atomic mass is 16.2. The van der Waals surface area contributed by atoms with E-state index in [1.165, 1.54) is 12.0 Å². The second-order valence-corrected chi connectivity index (χ2v) is 4.95. The molecule has 1 amide bonds. The number of hydrogen-bond donors (Lipinski definition) is 1. The maximum Gasteiger partial charge on any atom is 0.223 e. The summed E-state index contributed by atoms with van der Waals surface area (Å²) in [5.74, 6) is 0.258. The van der Waals surface area contributed by atoms with Crippen molar-refractivity contribution in [3.05, 3.63) is 35.9 Å². The predicted molar refractivity (Wildman–Crippen MR) is 73.2 cm³/mol. The van der Waals surface area contributed by atoms with E-state index in [2.05, 4.69) is 12.1 Å². The van der Waals surface area contributed by atoms with Gasteiger partial charge in [-0.1, -0.05) is 30.3 Å². The Balaban J connectivity index is 1.85.